The summed E-state index contributed by atoms with van der Waals surface area (Å²) < 4.78 is 10.9. The third-order valence-electron chi connectivity index (χ3n) is 4.85. The SMILES string of the molecule is CC1CCN(C(=O)Cc2cc3c(cc2[N+](=O)[O-])OCCO3)C(CN)C1.Cl. The number of nitro benzene ring substituents is 1. The molecule has 144 valence electrons. The van der Waals surface area contributed by atoms with Gasteiger partial charge in [-0.2, -0.15) is 0 Å². The Kier molecular flexibility index (Phi) is 6.66. The summed E-state index contributed by atoms with van der Waals surface area (Å²) in [7, 11) is 0. The number of amides is 1. The number of fused-ring (bicyclic) bond motifs is 1. The average Bonchev–Trinajstić information content (AvgIpc) is 2.60. The highest BCUT2D eigenvalue weighted by Crippen LogP contribution is 2.37. The number of halogens is 1. The lowest BCUT2D eigenvalue weighted by atomic mass is 9.92. The molecule has 1 saturated heterocycles. The summed E-state index contributed by atoms with van der Waals surface area (Å²) >= 11 is 0. The van der Waals surface area contributed by atoms with Crippen LogP contribution in [0.5, 0.6) is 11.5 Å². The van der Waals surface area contributed by atoms with Gasteiger partial charge in [0, 0.05) is 24.7 Å². The van der Waals surface area contributed by atoms with E-state index in [-0.39, 0.29) is 36.5 Å². The van der Waals surface area contributed by atoms with Crippen LogP contribution in [0.1, 0.15) is 25.3 Å². The fourth-order valence-electron chi connectivity index (χ4n) is 3.50. The lowest BCUT2D eigenvalue weighted by Gasteiger charge is -2.38. The number of piperidine rings is 1. The molecular formula is C17H24ClN3O5. The number of hydrogen-bond donors (Lipinski definition) is 1. The lowest BCUT2D eigenvalue weighted by molar-refractivity contribution is -0.385. The predicted molar refractivity (Wildman–Crippen MR) is 98.0 cm³/mol. The fraction of sp³-hybridized carbons (Fsp3) is 0.588. The van der Waals surface area contributed by atoms with Crippen molar-refractivity contribution in [3.05, 3.63) is 27.8 Å². The molecule has 2 unspecified atom stereocenters. The Morgan fingerprint density at radius 2 is 2.00 bits per heavy atom. The van der Waals surface area contributed by atoms with Gasteiger partial charge in [0.15, 0.2) is 11.5 Å². The minimum absolute atomic E-state index is 0. The standard InChI is InChI=1S/C17H23N3O5.ClH/c1-11-2-3-19(13(6-11)10-18)17(21)8-12-7-15-16(25-5-4-24-15)9-14(12)20(22)23;/h7,9,11,13H,2-6,8,10,18H2,1H3;1H. The molecule has 0 saturated carbocycles. The Labute approximate surface area is 158 Å². The van der Waals surface area contributed by atoms with Gasteiger partial charge in [-0.15, -0.1) is 12.4 Å². The Hall–Kier alpha value is -2.06. The molecule has 0 radical (unpaired) electrons. The van der Waals surface area contributed by atoms with Crippen molar-refractivity contribution in [3.8, 4) is 11.5 Å². The van der Waals surface area contributed by atoms with Gasteiger partial charge >= 0.3 is 0 Å². The van der Waals surface area contributed by atoms with Gasteiger partial charge in [-0.25, -0.2) is 0 Å². The van der Waals surface area contributed by atoms with E-state index in [0.29, 0.717) is 49.3 Å². The van der Waals surface area contributed by atoms with Crippen molar-refractivity contribution in [2.24, 2.45) is 11.7 Å². The summed E-state index contributed by atoms with van der Waals surface area (Å²) in [6.07, 6.45) is 1.74. The molecule has 26 heavy (non-hydrogen) atoms. The molecule has 8 nitrogen and oxygen atoms in total. The van der Waals surface area contributed by atoms with E-state index in [1.165, 1.54) is 6.07 Å². The molecule has 2 aliphatic heterocycles. The summed E-state index contributed by atoms with van der Waals surface area (Å²) in [5, 5.41) is 11.4. The smallest absolute Gasteiger partial charge is 0.277 e. The number of nitrogens with two attached hydrogens (primary N) is 1. The van der Waals surface area contributed by atoms with E-state index in [4.69, 9.17) is 15.2 Å². The second-order valence-electron chi connectivity index (χ2n) is 6.66. The first kappa shape index (κ1) is 20.3. The van der Waals surface area contributed by atoms with Crippen LogP contribution in [0.15, 0.2) is 12.1 Å². The minimum atomic E-state index is -0.487. The van der Waals surface area contributed by atoms with Crippen LogP contribution in [0.25, 0.3) is 0 Å². The zero-order valence-electron chi connectivity index (χ0n) is 14.7. The number of hydrogen-bond acceptors (Lipinski definition) is 6. The summed E-state index contributed by atoms with van der Waals surface area (Å²) in [5.74, 6) is 1.19. The normalized spacial score (nSPS) is 21.7. The number of ether oxygens (including phenoxy) is 2. The average molecular weight is 386 g/mol. The number of likely N-dealkylation sites (tertiary alicyclic amines) is 1. The molecule has 9 heteroatoms. The molecule has 2 atom stereocenters. The maximum Gasteiger partial charge on any atom is 0.277 e. The van der Waals surface area contributed by atoms with Crippen molar-refractivity contribution < 1.29 is 19.2 Å². The van der Waals surface area contributed by atoms with E-state index in [9.17, 15) is 14.9 Å². The largest absolute Gasteiger partial charge is 0.486 e. The summed E-state index contributed by atoms with van der Waals surface area (Å²) in [4.78, 5) is 25.4. The molecule has 1 amide bonds. The third kappa shape index (κ3) is 4.19. The van der Waals surface area contributed by atoms with E-state index in [1.807, 2.05) is 0 Å². The van der Waals surface area contributed by atoms with Crippen molar-refractivity contribution >= 4 is 24.0 Å². The first-order valence-electron chi connectivity index (χ1n) is 8.56. The van der Waals surface area contributed by atoms with Gasteiger partial charge in [-0.1, -0.05) is 6.92 Å². The van der Waals surface area contributed by atoms with Gasteiger partial charge in [0.2, 0.25) is 5.91 Å². The maximum absolute atomic E-state index is 12.8. The summed E-state index contributed by atoms with van der Waals surface area (Å²) in [6, 6.07) is 2.89. The molecule has 0 spiro atoms. The Morgan fingerprint density at radius 1 is 1.35 bits per heavy atom. The molecule has 1 aromatic carbocycles. The van der Waals surface area contributed by atoms with E-state index < -0.39 is 4.92 Å². The van der Waals surface area contributed by atoms with Crippen molar-refractivity contribution in [1.82, 2.24) is 4.90 Å². The second kappa shape index (κ2) is 8.55. The van der Waals surface area contributed by atoms with Crippen LogP contribution >= 0.6 is 12.4 Å². The number of rotatable bonds is 4. The molecule has 2 N–H and O–H groups in total. The highest BCUT2D eigenvalue weighted by Gasteiger charge is 2.31. The van der Waals surface area contributed by atoms with Gasteiger partial charge in [0.1, 0.15) is 13.2 Å². The fourth-order valence-corrected chi connectivity index (χ4v) is 3.50. The second-order valence-corrected chi connectivity index (χ2v) is 6.66. The van der Waals surface area contributed by atoms with Crippen LogP contribution in [0.4, 0.5) is 5.69 Å². The van der Waals surface area contributed by atoms with Crippen molar-refractivity contribution in [3.63, 3.8) is 0 Å². The predicted octanol–water partition coefficient (Wildman–Crippen LogP) is 1.92. The van der Waals surface area contributed by atoms with E-state index in [1.54, 1.807) is 11.0 Å². The molecule has 0 bridgehead atoms. The Bertz CT molecular complexity index is 685. The number of benzene rings is 1. The zero-order chi connectivity index (χ0) is 18.0. The monoisotopic (exact) mass is 385 g/mol. The van der Waals surface area contributed by atoms with Crippen LogP contribution in [0, 0.1) is 16.0 Å². The number of carbonyl (C=O) groups is 1. The number of nitrogens with zero attached hydrogens (tertiary/aromatic N) is 2. The summed E-state index contributed by atoms with van der Waals surface area (Å²) in [5.41, 5.74) is 6.04. The molecule has 1 aromatic rings. The molecule has 1 fully saturated rings. The lowest BCUT2D eigenvalue weighted by Crippen LogP contribution is -2.49. The summed E-state index contributed by atoms with van der Waals surface area (Å²) in [6.45, 7) is 3.93. The highest BCUT2D eigenvalue weighted by molar-refractivity contribution is 5.85. The maximum atomic E-state index is 12.8. The van der Waals surface area contributed by atoms with Gasteiger partial charge in [0.25, 0.3) is 5.69 Å². The molecule has 3 rings (SSSR count). The number of carbonyl (C=O) groups excluding carboxylic acids is 1. The minimum Gasteiger partial charge on any atom is -0.486 e. The number of nitro groups is 1. The first-order valence-corrected chi connectivity index (χ1v) is 8.56. The topological polar surface area (TPSA) is 108 Å². The van der Waals surface area contributed by atoms with E-state index in [0.717, 1.165) is 12.8 Å². The van der Waals surface area contributed by atoms with Crippen molar-refractivity contribution in [2.75, 3.05) is 26.3 Å². The van der Waals surface area contributed by atoms with E-state index in [2.05, 4.69) is 6.92 Å². The quantitative estimate of drug-likeness (QED) is 0.626. The van der Waals surface area contributed by atoms with Crippen LogP contribution < -0.4 is 15.2 Å². The molecule has 2 aliphatic rings. The third-order valence-corrected chi connectivity index (χ3v) is 4.85. The molecule has 0 aliphatic carbocycles. The van der Waals surface area contributed by atoms with Crippen LogP contribution in [0.2, 0.25) is 0 Å². The molecule has 0 aromatic heterocycles. The van der Waals surface area contributed by atoms with Gasteiger partial charge in [-0.3, -0.25) is 14.9 Å². The van der Waals surface area contributed by atoms with Crippen LogP contribution in [-0.4, -0.2) is 48.1 Å². The highest BCUT2D eigenvalue weighted by atomic mass is 35.5. The molecular weight excluding hydrogens is 362 g/mol. The van der Waals surface area contributed by atoms with Gasteiger partial charge in [-0.05, 0) is 24.8 Å². The zero-order valence-corrected chi connectivity index (χ0v) is 15.5. The van der Waals surface area contributed by atoms with Crippen LogP contribution in [0.3, 0.4) is 0 Å². The van der Waals surface area contributed by atoms with E-state index >= 15 is 0 Å². The molecule has 2 heterocycles. The Morgan fingerprint density at radius 3 is 2.62 bits per heavy atom. The van der Waals surface area contributed by atoms with Crippen LogP contribution in [-0.2, 0) is 11.2 Å². The Balaban J connectivity index is 0.00000243. The van der Waals surface area contributed by atoms with Gasteiger partial charge < -0.3 is 20.1 Å². The van der Waals surface area contributed by atoms with Crippen molar-refractivity contribution in [2.45, 2.75) is 32.2 Å². The first-order chi connectivity index (χ1) is 12.0. The van der Waals surface area contributed by atoms with Crippen molar-refractivity contribution in [1.29, 1.82) is 0 Å². The van der Waals surface area contributed by atoms with Gasteiger partial charge in [0.05, 0.1) is 17.4 Å².